The molecule has 33 heavy (non-hydrogen) atoms. The Hall–Kier alpha value is -2.77. The maximum absolute atomic E-state index is 12.9. The summed E-state index contributed by atoms with van der Waals surface area (Å²) >= 11 is 1.30. The molecule has 1 saturated heterocycles. The van der Waals surface area contributed by atoms with Gasteiger partial charge < -0.3 is 9.42 Å². The number of sulfonamides is 1. The Bertz CT molecular complexity index is 1240. The van der Waals surface area contributed by atoms with Crippen molar-refractivity contribution in [3.8, 4) is 5.82 Å². The number of rotatable bonds is 6. The van der Waals surface area contributed by atoms with Gasteiger partial charge in [-0.2, -0.15) is 9.40 Å². The summed E-state index contributed by atoms with van der Waals surface area (Å²) in [5.74, 6) is 1.02. The highest BCUT2D eigenvalue weighted by Crippen LogP contribution is 2.24. The number of carbonyl (C=O) groups is 1. The van der Waals surface area contributed by atoms with Crippen LogP contribution < -0.4 is 0 Å². The fourth-order valence-corrected chi connectivity index (χ4v) is 6.17. The largest absolute Gasteiger partial charge is 0.360 e. The molecule has 0 atom stereocenters. The molecule has 3 aromatic heterocycles. The van der Waals surface area contributed by atoms with Gasteiger partial charge in [0.15, 0.2) is 11.6 Å². The molecule has 1 aliphatic heterocycles. The van der Waals surface area contributed by atoms with Crippen LogP contribution in [0, 0.1) is 27.7 Å². The topological polar surface area (TPSA) is 127 Å². The number of thioether (sulfide) groups is 1. The Morgan fingerprint density at radius 2 is 1.82 bits per heavy atom. The zero-order valence-electron chi connectivity index (χ0n) is 18.8. The second-order valence-corrected chi connectivity index (χ2v) is 10.7. The predicted molar refractivity (Wildman–Crippen MR) is 121 cm³/mol. The fraction of sp³-hybridized carbons (Fsp3) is 0.450. The van der Waals surface area contributed by atoms with Crippen molar-refractivity contribution < 1.29 is 17.7 Å². The molecular formula is C20H25N7O4S2. The van der Waals surface area contributed by atoms with Crippen LogP contribution in [0.25, 0.3) is 5.82 Å². The monoisotopic (exact) mass is 491 g/mol. The summed E-state index contributed by atoms with van der Waals surface area (Å²) in [6, 6.07) is 5.59. The summed E-state index contributed by atoms with van der Waals surface area (Å²) in [4.78, 5) is 14.4. The first-order valence-electron chi connectivity index (χ1n) is 10.4. The van der Waals surface area contributed by atoms with Crippen molar-refractivity contribution >= 4 is 27.7 Å². The summed E-state index contributed by atoms with van der Waals surface area (Å²) in [5, 5.41) is 17.2. The standard InChI is InChI=1S/C20H25N7O4S2/c1-13-11-14(2)27(23-13)17-5-6-18(22-21-17)32-12-19(28)25-7-9-26(10-8-25)33(29,30)20-15(3)24-31-16(20)4/h5-6,11H,7-10,12H2,1-4H3. The van der Waals surface area contributed by atoms with E-state index in [0.29, 0.717) is 29.6 Å². The van der Waals surface area contributed by atoms with E-state index in [0.717, 1.165) is 11.4 Å². The van der Waals surface area contributed by atoms with Crippen LogP contribution >= 0.6 is 11.8 Å². The van der Waals surface area contributed by atoms with E-state index < -0.39 is 10.0 Å². The normalized spacial score (nSPS) is 15.2. The molecule has 11 nitrogen and oxygen atoms in total. The highest BCUT2D eigenvalue weighted by molar-refractivity contribution is 7.99. The van der Waals surface area contributed by atoms with Gasteiger partial charge in [-0.15, -0.1) is 10.2 Å². The highest BCUT2D eigenvalue weighted by atomic mass is 32.2. The first kappa shape index (κ1) is 23.4. The maximum Gasteiger partial charge on any atom is 0.248 e. The predicted octanol–water partition coefficient (Wildman–Crippen LogP) is 1.51. The number of aryl methyl sites for hydroxylation is 4. The van der Waals surface area contributed by atoms with Crippen LogP contribution in [-0.4, -0.2) is 80.6 Å². The Kier molecular flexibility index (Phi) is 6.54. The van der Waals surface area contributed by atoms with E-state index in [1.165, 1.54) is 16.1 Å². The average molecular weight is 492 g/mol. The molecule has 1 fully saturated rings. The number of aromatic nitrogens is 5. The zero-order chi connectivity index (χ0) is 23.8. The van der Waals surface area contributed by atoms with Crippen LogP contribution in [0.1, 0.15) is 22.8 Å². The zero-order valence-corrected chi connectivity index (χ0v) is 20.5. The molecule has 0 aliphatic carbocycles. The molecule has 0 spiro atoms. The van der Waals surface area contributed by atoms with Crippen molar-refractivity contribution in [3.05, 3.63) is 41.0 Å². The van der Waals surface area contributed by atoms with Crippen molar-refractivity contribution in [2.75, 3.05) is 31.9 Å². The summed E-state index contributed by atoms with van der Waals surface area (Å²) in [5.41, 5.74) is 2.21. The molecule has 4 heterocycles. The van der Waals surface area contributed by atoms with E-state index in [1.807, 2.05) is 32.0 Å². The lowest BCUT2D eigenvalue weighted by Gasteiger charge is -2.33. The lowest BCUT2D eigenvalue weighted by atomic mass is 10.3. The molecule has 1 amide bonds. The number of hydrogen-bond donors (Lipinski definition) is 0. The van der Waals surface area contributed by atoms with Crippen molar-refractivity contribution in [2.45, 2.75) is 37.6 Å². The van der Waals surface area contributed by atoms with Crippen molar-refractivity contribution in [1.29, 1.82) is 0 Å². The highest BCUT2D eigenvalue weighted by Gasteiger charge is 2.34. The molecule has 13 heteroatoms. The summed E-state index contributed by atoms with van der Waals surface area (Å²) < 4.78 is 34.0. The fourth-order valence-electron chi connectivity index (χ4n) is 3.74. The lowest BCUT2D eigenvalue weighted by molar-refractivity contribution is -0.129. The molecule has 1 aliphatic rings. The second kappa shape index (κ2) is 9.23. The molecule has 0 aromatic carbocycles. The molecule has 0 unspecified atom stereocenters. The number of hydrogen-bond acceptors (Lipinski definition) is 9. The van der Waals surface area contributed by atoms with Crippen LogP contribution in [0.5, 0.6) is 0 Å². The Morgan fingerprint density at radius 3 is 2.36 bits per heavy atom. The molecule has 0 N–H and O–H groups in total. The Balaban J connectivity index is 1.31. The van der Waals surface area contributed by atoms with E-state index in [2.05, 4.69) is 20.5 Å². The van der Waals surface area contributed by atoms with Crippen molar-refractivity contribution in [2.24, 2.45) is 0 Å². The number of amides is 1. The summed E-state index contributed by atoms with van der Waals surface area (Å²) in [7, 11) is -3.70. The molecule has 0 radical (unpaired) electrons. The number of piperazine rings is 1. The number of carbonyl (C=O) groups excluding carboxylic acids is 1. The minimum atomic E-state index is -3.70. The lowest BCUT2D eigenvalue weighted by Crippen LogP contribution is -2.51. The van der Waals surface area contributed by atoms with E-state index in [9.17, 15) is 13.2 Å². The SMILES string of the molecule is Cc1cc(C)n(-c2ccc(SCC(=O)N3CCN(S(=O)(=O)c4c(C)noc4C)CC3)nn2)n1. The third-order valence-corrected chi connectivity index (χ3v) is 8.40. The molecule has 0 saturated carbocycles. The Labute approximate surface area is 196 Å². The van der Waals surface area contributed by atoms with Gasteiger partial charge in [-0.25, -0.2) is 13.1 Å². The second-order valence-electron chi connectivity index (χ2n) is 7.80. The molecule has 4 rings (SSSR count). The van der Waals surface area contributed by atoms with Gasteiger partial charge in [0.1, 0.15) is 15.6 Å². The first-order valence-corrected chi connectivity index (χ1v) is 12.8. The molecule has 176 valence electrons. The van der Waals surface area contributed by atoms with Gasteiger partial charge in [0.05, 0.1) is 11.4 Å². The third-order valence-electron chi connectivity index (χ3n) is 5.35. The van der Waals surface area contributed by atoms with Crippen LogP contribution in [0.2, 0.25) is 0 Å². The van der Waals surface area contributed by atoms with Gasteiger partial charge in [-0.1, -0.05) is 16.9 Å². The molecule has 0 bridgehead atoms. The minimum absolute atomic E-state index is 0.0705. The quantitative estimate of drug-likeness (QED) is 0.471. The minimum Gasteiger partial charge on any atom is -0.360 e. The van der Waals surface area contributed by atoms with Crippen LogP contribution in [0.15, 0.2) is 32.6 Å². The van der Waals surface area contributed by atoms with E-state index in [-0.39, 0.29) is 35.4 Å². The van der Waals surface area contributed by atoms with Gasteiger partial charge in [0.25, 0.3) is 0 Å². The molecular weight excluding hydrogens is 466 g/mol. The van der Waals surface area contributed by atoms with Gasteiger partial charge in [0, 0.05) is 31.9 Å². The van der Waals surface area contributed by atoms with Crippen LogP contribution in [-0.2, 0) is 14.8 Å². The number of nitrogens with zero attached hydrogens (tertiary/aromatic N) is 7. The van der Waals surface area contributed by atoms with E-state index in [1.54, 1.807) is 23.4 Å². The van der Waals surface area contributed by atoms with E-state index >= 15 is 0 Å². The van der Waals surface area contributed by atoms with Crippen molar-refractivity contribution in [3.63, 3.8) is 0 Å². The van der Waals surface area contributed by atoms with Gasteiger partial charge in [-0.05, 0) is 45.9 Å². The van der Waals surface area contributed by atoms with Gasteiger partial charge in [-0.3, -0.25) is 4.79 Å². The smallest absolute Gasteiger partial charge is 0.248 e. The summed E-state index contributed by atoms with van der Waals surface area (Å²) in [6.45, 7) is 8.14. The first-order chi connectivity index (χ1) is 15.7. The van der Waals surface area contributed by atoms with Crippen LogP contribution in [0.4, 0.5) is 0 Å². The van der Waals surface area contributed by atoms with Gasteiger partial charge >= 0.3 is 0 Å². The third kappa shape index (κ3) is 4.80. The maximum atomic E-state index is 12.9. The van der Waals surface area contributed by atoms with E-state index in [4.69, 9.17) is 4.52 Å². The van der Waals surface area contributed by atoms with Gasteiger partial charge in [0.2, 0.25) is 15.9 Å². The van der Waals surface area contributed by atoms with Crippen LogP contribution in [0.3, 0.4) is 0 Å². The Morgan fingerprint density at radius 1 is 1.09 bits per heavy atom. The average Bonchev–Trinajstić information content (AvgIpc) is 3.32. The van der Waals surface area contributed by atoms with Crippen molar-refractivity contribution in [1.82, 2.24) is 34.3 Å². The summed E-state index contributed by atoms with van der Waals surface area (Å²) in [6.07, 6.45) is 0. The molecule has 3 aromatic rings.